The van der Waals surface area contributed by atoms with Crippen molar-refractivity contribution in [2.45, 2.75) is 6.18 Å². The number of halogens is 4. The van der Waals surface area contributed by atoms with Crippen molar-refractivity contribution in [3.05, 3.63) is 28.2 Å². The maximum Gasteiger partial charge on any atom is 0.406 e. The molecule has 0 spiro atoms. The third kappa shape index (κ3) is 4.72. The number of hydrogen-bond donors (Lipinski definition) is 2. The van der Waals surface area contributed by atoms with E-state index in [0.717, 1.165) is 0 Å². The van der Waals surface area contributed by atoms with Crippen LogP contribution in [0.4, 0.5) is 18.9 Å². The van der Waals surface area contributed by atoms with Gasteiger partial charge in [0.15, 0.2) is 0 Å². The minimum absolute atomic E-state index is 0.115. The van der Waals surface area contributed by atoms with Gasteiger partial charge in [0.2, 0.25) is 0 Å². The molecule has 1 amide bonds. The Kier molecular flexibility index (Phi) is 4.98. The summed E-state index contributed by atoms with van der Waals surface area (Å²) in [6.45, 7) is -2.69. The van der Waals surface area contributed by atoms with Crippen LogP contribution in [0.5, 0.6) is 0 Å². The molecule has 0 saturated heterocycles. The fraction of sp³-hybridized carbons (Fsp3) is 0.273. The zero-order chi connectivity index (χ0) is 15.5. The molecule has 0 saturated carbocycles. The Labute approximate surface area is 120 Å². The molecular weight excluding hydrogens is 345 g/mol. The maximum atomic E-state index is 12.4. The summed E-state index contributed by atoms with van der Waals surface area (Å²) in [4.78, 5) is 22.7. The highest BCUT2D eigenvalue weighted by Gasteiger charge is 2.34. The summed E-state index contributed by atoms with van der Waals surface area (Å²) in [7, 11) is 0. The number of carboxylic acid groups (broad SMARTS) is 1. The lowest BCUT2D eigenvalue weighted by molar-refractivity contribution is -0.149. The van der Waals surface area contributed by atoms with Crippen LogP contribution < -0.4 is 5.73 Å². The lowest BCUT2D eigenvalue weighted by Crippen LogP contribution is -2.42. The summed E-state index contributed by atoms with van der Waals surface area (Å²) in [6, 6.07) is 3.83. The van der Waals surface area contributed by atoms with Gasteiger partial charge in [0.1, 0.15) is 13.1 Å². The Morgan fingerprint density at radius 2 is 1.95 bits per heavy atom. The number of nitrogens with zero attached hydrogens (tertiary/aromatic N) is 1. The fourth-order valence-electron chi connectivity index (χ4n) is 1.44. The second-order valence-corrected chi connectivity index (χ2v) is 4.76. The van der Waals surface area contributed by atoms with E-state index in [4.69, 9.17) is 10.8 Å². The summed E-state index contributed by atoms with van der Waals surface area (Å²) in [6.07, 6.45) is -4.69. The first kappa shape index (κ1) is 16.3. The smallest absolute Gasteiger partial charge is 0.406 e. The van der Waals surface area contributed by atoms with Gasteiger partial charge in [0, 0.05) is 15.7 Å². The SMILES string of the molecule is Nc1cc(C(=O)N(CC(=O)O)CC(F)(F)F)ccc1Br. The van der Waals surface area contributed by atoms with Crippen LogP contribution in [0.3, 0.4) is 0 Å². The molecule has 5 nitrogen and oxygen atoms in total. The largest absolute Gasteiger partial charge is 0.480 e. The van der Waals surface area contributed by atoms with Crippen LogP contribution >= 0.6 is 15.9 Å². The van der Waals surface area contributed by atoms with Crippen molar-refractivity contribution in [1.29, 1.82) is 0 Å². The second-order valence-electron chi connectivity index (χ2n) is 3.91. The van der Waals surface area contributed by atoms with Crippen molar-refractivity contribution in [3.8, 4) is 0 Å². The van der Waals surface area contributed by atoms with E-state index >= 15 is 0 Å². The van der Waals surface area contributed by atoms with Crippen molar-refractivity contribution >= 4 is 33.5 Å². The molecule has 0 aliphatic heterocycles. The van der Waals surface area contributed by atoms with Crippen LogP contribution in [-0.4, -0.2) is 41.1 Å². The van der Waals surface area contributed by atoms with E-state index in [-0.39, 0.29) is 16.2 Å². The minimum Gasteiger partial charge on any atom is -0.480 e. The lowest BCUT2D eigenvalue weighted by Gasteiger charge is -2.22. The molecule has 20 heavy (non-hydrogen) atoms. The highest BCUT2D eigenvalue weighted by Crippen LogP contribution is 2.22. The second kappa shape index (κ2) is 6.12. The van der Waals surface area contributed by atoms with Gasteiger partial charge in [-0.1, -0.05) is 0 Å². The van der Waals surface area contributed by atoms with Crippen molar-refractivity contribution in [2.24, 2.45) is 0 Å². The molecule has 110 valence electrons. The first-order chi connectivity index (χ1) is 9.10. The first-order valence-corrected chi connectivity index (χ1v) is 6.02. The minimum atomic E-state index is -4.69. The van der Waals surface area contributed by atoms with Crippen LogP contribution in [-0.2, 0) is 4.79 Å². The third-order valence-corrected chi connectivity index (χ3v) is 2.95. The third-order valence-electron chi connectivity index (χ3n) is 2.23. The molecule has 1 aromatic rings. The van der Waals surface area contributed by atoms with E-state index in [0.29, 0.717) is 4.47 Å². The number of benzene rings is 1. The lowest BCUT2D eigenvalue weighted by atomic mass is 10.1. The first-order valence-electron chi connectivity index (χ1n) is 5.23. The van der Waals surface area contributed by atoms with Gasteiger partial charge in [-0.25, -0.2) is 0 Å². The van der Waals surface area contributed by atoms with E-state index in [1.165, 1.54) is 18.2 Å². The number of amides is 1. The standard InChI is InChI=1S/C11H10BrF3N2O3/c12-7-2-1-6(3-8(7)16)10(20)17(4-9(18)19)5-11(13,14)15/h1-3H,4-5,16H2,(H,18,19). The number of anilines is 1. The van der Waals surface area contributed by atoms with Crippen LogP contribution in [0.1, 0.15) is 10.4 Å². The topological polar surface area (TPSA) is 83.6 Å². The zero-order valence-corrected chi connectivity index (χ0v) is 11.5. The molecule has 3 N–H and O–H groups in total. The molecule has 0 bridgehead atoms. The summed E-state index contributed by atoms with van der Waals surface area (Å²) in [5.41, 5.74) is 5.58. The fourth-order valence-corrected chi connectivity index (χ4v) is 1.69. The van der Waals surface area contributed by atoms with E-state index < -0.39 is 31.1 Å². The predicted octanol–water partition coefficient (Wildman–Crippen LogP) is 2.12. The number of carboxylic acids is 1. The average molecular weight is 355 g/mol. The van der Waals surface area contributed by atoms with Gasteiger partial charge in [-0.05, 0) is 34.1 Å². The number of nitrogens with two attached hydrogens (primary N) is 1. The Morgan fingerprint density at radius 3 is 2.40 bits per heavy atom. The van der Waals surface area contributed by atoms with E-state index in [1.807, 2.05) is 0 Å². The average Bonchev–Trinajstić information content (AvgIpc) is 2.28. The highest BCUT2D eigenvalue weighted by atomic mass is 79.9. The molecule has 0 heterocycles. The Bertz CT molecular complexity index is 534. The molecule has 9 heteroatoms. The molecule has 1 rings (SSSR count). The molecule has 0 unspecified atom stereocenters. The van der Waals surface area contributed by atoms with Crippen LogP contribution in [0.2, 0.25) is 0 Å². The normalized spacial score (nSPS) is 11.2. The van der Waals surface area contributed by atoms with Gasteiger partial charge < -0.3 is 15.7 Å². The van der Waals surface area contributed by atoms with Crippen molar-refractivity contribution in [1.82, 2.24) is 4.90 Å². The predicted molar refractivity (Wildman–Crippen MR) is 68.1 cm³/mol. The summed E-state index contributed by atoms with van der Waals surface area (Å²) in [5, 5.41) is 8.58. The van der Waals surface area contributed by atoms with Gasteiger partial charge in [-0.3, -0.25) is 9.59 Å². The molecule has 0 aromatic heterocycles. The number of carbonyl (C=O) groups is 2. The Morgan fingerprint density at radius 1 is 1.35 bits per heavy atom. The Hall–Kier alpha value is -1.77. The summed E-state index contributed by atoms with van der Waals surface area (Å²) >= 11 is 3.08. The number of rotatable bonds is 4. The quantitative estimate of drug-likeness (QED) is 0.811. The van der Waals surface area contributed by atoms with Gasteiger partial charge in [0.05, 0.1) is 0 Å². The number of nitrogen functional groups attached to an aromatic ring is 1. The monoisotopic (exact) mass is 354 g/mol. The number of alkyl halides is 3. The van der Waals surface area contributed by atoms with Gasteiger partial charge in [-0.2, -0.15) is 13.2 Å². The summed E-state index contributed by atoms with van der Waals surface area (Å²) < 4.78 is 37.6. The van der Waals surface area contributed by atoms with Gasteiger partial charge in [0.25, 0.3) is 5.91 Å². The van der Waals surface area contributed by atoms with E-state index in [2.05, 4.69) is 15.9 Å². The van der Waals surface area contributed by atoms with Crippen molar-refractivity contribution in [2.75, 3.05) is 18.8 Å². The highest BCUT2D eigenvalue weighted by molar-refractivity contribution is 9.10. The van der Waals surface area contributed by atoms with Crippen LogP contribution in [0.15, 0.2) is 22.7 Å². The molecule has 0 aliphatic carbocycles. The maximum absolute atomic E-state index is 12.4. The zero-order valence-electron chi connectivity index (χ0n) is 9.95. The molecule has 0 radical (unpaired) electrons. The molecule has 1 aromatic carbocycles. The number of hydrogen-bond acceptors (Lipinski definition) is 3. The molecule has 0 aliphatic rings. The van der Waals surface area contributed by atoms with Gasteiger partial charge in [-0.15, -0.1) is 0 Å². The molecular formula is C11H10BrF3N2O3. The van der Waals surface area contributed by atoms with Crippen molar-refractivity contribution in [3.63, 3.8) is 0 Å². The molecule has 0 fully saturated rings. The van der Waals surface area contributed by atoms with E-state index in [1.54, 1.807) is 0 Å². The van der Waals surface area contributed by atoms with Crippen LogP contribution in [0.25, 0.3) is 0 Å². The van der Waals surface area contributed by atoms with E-state index in [9.17, 15) is 22.8 Å². The molecule has 0 atom stereocenters. The Balaban J connectivity index is 3.02. The van der Waals surface area contributed by atoms with Gasteiger partial charge >= 0.3 is 12.1 Å². The number of carbonyl (C=O) groups excluding carboxylic acids is 1. The van der Waals surface area contributed by atoms with Crippen LogP contribution in [0, 0.1) is 0 Å². The number of aliphatic carboxylic acids is 1. The summed E-state index contributed by atoms with van der Waals surface area (Å²) in [5.74, 6) is -2.59. The van der Waals surface area contributed by atoms with Crippen molar-refractivity contribution < 1.29 is 27.9 Å².